The van der Waals surface area contributed by atoms with E-state index >= 15 is 0 Å². The van der Waals surface area contributed by atoms with Crippen molar-refractivity contribution in [1.82, 2.24) is 9.88 Å². The number of ether oxygens (including phenoxy) is 1. The zero-order valence-corrected chi connectivity index (χ0v) is 16.6. The Labute approximate surface area is 167 Å². The highest BCUT2D eigenvalue weighted by Gasteiger charge is 2.18. The number of fused-ring (bicyclic) bond motifs is 1. The third kappa shape index (κ3) is 4.02. The van der Waals surface area contributed by atoms with E-state index in [0.717, 1.165) is 55.2 Å². The summed E-state index contributed by atoms with van der Waals surface area (Å²) in [7, 11) is 1.71. The minimum absolute atomic E-state index is 0.840. The van der Waals surface area contributed by atoms with E-state index in [4.69, 9.17) is 9.72 Å². The second-order valence-corrected chi connectivity index (χ2v) is 7.25. The van der Waals surface area contributed by atoms with Crippen LogP contribution in [0.5, 0.6) is 5.75 Å². The number of rotatable bonds is 5. The fourth-order valence-corrected chi connectivity index (χ4v) is 3.76. The fraction of sp³-hybridized carbons (Fsp3) is 0.292. The first-order valence-corrected chi connectivity index (χ1v) is 9.88. The molecule has 1 aromatic heterocycles. The first kappa shape index (κ1) is 18.5. The molecule has 0 bridgehead atoms. The Morgan fingerprint density at radius 1 is 1.00 bits per heavy atom. The summed E-state index contributed by atoms with van der Waals surface area (Å²) >= 11 is 0. The summed E-state index contributed by atoms with van der Waals surface area (Å²) in [6.07, 6.45) is 4.46. The van der Waals surface area contributed by atoms with Crippen molar-refractivity contribution in [3.63, 3.8) is 0 Å². The molecule has 4 nitrogen and oxygen atoms in total. The number of anilines is 1. The number of pyridine rings is 1. The van der Waals surface area contributed by atoms with Crippen molar-refractivity contribution in [2.24, 2.45) is 0 Å². The lowest BCUT2D eigenvalue weighted by Crippen LogP contribution is -2.46. The third-order valence-corrected chi connectivity index (χ3v) is 5.39. The largest absolute Gasteiger partial charge is 0.494 e. The minimum Gasteiger partial charge on any atom is -0.494 e. The van der Waals surface area contributed by atoms with Crippen LogP contribution in [-0.2, 0) is 0 Å². The zero-order chi connectivity index (χ0) is 19.3. The Morgan fingerprint density at radius 3 is 2.54 bits per heavy atom. The lowest BCUT2D eigenvalue weighted by Gasteiger charge is -2.35. The van der Waals surface area contributed by atoms with Gasteiger partial charge in [-0.3, -0.25) is 4.90 Å². The predicted octanol–water partition coefficient (Wildman–Crippen LogP) is 4.39. The Hall–Kier alpha value is -2.85. The van der Waals surface area contributed by atoms with Gasteiger partial charge in [0.15, 0.2) is 0 Å². The van der Waals surface area contributed by atoms with Gasteiger partial charge in [-0.25, -0.2) is 4.98 Å². The summed E-state index contributed by atoms with van der Waals surface area (Å²) in [4.78, 5) is 9.80. The molecule has 0 N–H and O–H groups in total. The summed E-state index contributed by atoms with van der Waals surface area (Å²) in [6, 6.07) is 18.8. The molecule has 1 aliphatic rings. The number of hydrogen-bond acceptors (Lipinski definition) is 4. The van der Waals surface area contributed by atoms with Gasteiger partial charge >= 0.3 is 0 Å². The smallest absolute Gasteiger partial charge is 0.145 e. The highest BCUT2D eigenvalue weighted by atomic mass is 16.5. The number of piperazine rings is 1. The topological polar surface area (TPSA) is 28.6 Å². The molecule has 1 aliphatic heterocycles. The molecule has 1 fully saturated rings. The molecular weight excluding hydrogens is 346 g/mol. The standard InChI is InChI=1S/C24H27N3O/c1-19-18-23(25-24-21(19)11-6-12-22(24)28-2)27-16-14-26(15-17-27)13-7-10-20-8-4-3-5-9-20/h3-12,18H,13-17H2,1-2H3. The highest BCUT2D eigenvalue weighted by Crippen LogP contribution is 2.29. The van der Waals surface area contributed by atoms with Crippen molar-refractivity contribution in [1.29, 1.82) is 0 Å². The number of aryl methyl sites for hydroxylation is 1. The van der Waals surface area contributed by atoms with E-state index in [2.05, 4.69) is 71.3 Å². The molecule has 0 radical (unpaired) electrons. The van der Waals surface area contributed by atoms with Crippen LogP contribution in [0.25, 0.3) is 17.0 Å². The molecule has 3 aromatic rings. The Kier molecular flexibility index (Phi) is 5.58. The van der Waals surface area contributed by atoms with Crippen LogP contribution >= 0.6 is 0 Å². The van der Waals surface area contributed by atoms with Gasteiger partial charge in [-0.2, -0.15) is 0 Å². The second-order valence-electron chi connectivity index (χ2n) is 7.25. The highest BCUT2D eigenvalue weighted by molar-refractivity contribution is 5.88. The van der Waals surface area contributed by atoms with E-state index in [1.54, 1.807) is 7.11 Å². The molecule has 0 saturated carbocycles. The van der Waals surface area contributed by atoms with Crippen molar-refractivity contribution in [3.8, 4) is 5.75 Å². The van der Waals surface area contributed by atoms with Crippen LogP contribution in [0.2, 0.25) is 0 Å². The van der Waals surface area contributed by atoms with Crippen molar-refractivity contribution in [2.45, 2.75) is 6.92 Å². The molecule has 4 heteroatoms. The average Bonchev–Trinajstić information content (AvgIpc) is 2.74. The number of methoxy groups -OCH3 is 1. The number of aromatic nitrogens is 1. The van der Waals surface area contributed by atoms with Crippen LogP contribution in [0.1, 0.15) is 11.1 Å². The molecule has 2 heterocycles. The van der Waals surface area contributed by atoms with Gasteiger partial charge in [-0.15, -0.1) is 0 Å². The first-order chi connectivity index (χ1) is 13.7. The number of para-hydroxylation sites is 1. The van der Waals surface area contributed by atoms with Crippen molar-refractivity contribution < 1.29 is 4.74 Å². The van der Waals surface area contributed by atoms with Crippen molar-refractivity contribution in [3.05, 3.63) is 71.8 Å². The van der Waals surface area contributed by atoms with E-state index in [9.17, 15) is 0 Å². The SMILES string of the molecule is COc1cccc2c(C)cc(N3CCN(CC=Cc4ccccc4)CC3)nc12. The van der Waals surface area contributed by atoms with Crippen LogP contribution in [0.4, 0.5) is 5.82 Å². The fourth-order valence-electron chi connectivity index (χ4n) is 3.76. The predicted molar refractivity (Wildman–Crippen MR) is 117 cm³/mol. The molecule has 0 spiro atoms. The zero-order valence-electron chi connectivity index (χ0n) is 16.6. The van der Waals surface area contributed by atoms with Crippen LogP contribution in [0.3, 0.4) is 0 Å². The molecule has 2 aromatic carbocycles. The summed E-state index contributed by atoms with van der Waals surface area (Å²) in [5.74, 6) is 1.89. The van der Waals surface area contributed by atoms with E-state index in [1.807, 2.05) is 12.1 Å². The Balaban J connectivity index is 1.41. The van der Waals surface area contributed by atoms with Crippen molar-refractivity contribution in [2.75, 3.05) is 44.7 Å². The van der Waals surface area contributed by atoms with Crippen LogP contribution < -0.4 is 9.64 Å². The summed E-state index contributed by atoms with van der Waals surface area (Å²) in [5, 5.41) is 1.16. The normalized spacial score (nSPS) is 15.4. The molecule has 28 heavy (non-hydrogen) atoms. The van der Waals surface area contributed by atoms with Gasteiger partial charge in [0.1, 0.15) is 17.1 Å². The van der Waals surface area contributed by atoms with Gasteiger partial charge < -0.3 is 9.64 Å². The molecule has 0 amide bonds. The Bertz CT molecular complexity index is 960. The monoisotopic (exact) mass is 373 g/mol. The van der Waals surface area contributed by atoms with Crippen LogP contribution in [0, 0.1) is 6.92 Å². The molecule has 1 saturated heterocycles. The van der Waals surface area contributed by atoms with E-state index < -0.39 is 0 Å². The molecule has 0 aliphatic carbocycles. The van der Waals surface area contributed by atoms with E-state index in [1.165, 1.54) is 11.1 Å². The van der Waals surface area contributed by atoms with Gasteiger partial charge in [0.25, 0.3) is 0 Å². The van der Waals surface area contributed by atoms with Crippen molar-refractivity contribution >= 4 is 22.8 Å². The summed E-state index contributed by atoms with van der Waals surface area (Å²) < 4.78 is 5.53. The van der Waals surface area contributed by atoms with Gasteiger partial charge in [-0.1, -0.05) is 54.6 Å². The Morgan fingerprint density at radius 2 is 1.79 bits per heavy atom. The second kappa shape index (κ2) is 8.44. The maximum atomic E-state index is 5.53. The summed E-state index contributed by atoms with van der Waals surface area (Å²) in [5.41, 5.74) is 3.45. The van der Waals surface area contributed by atoms with Gasteiger partial charge in [0.2, 0.25) is 0 Å². The maximum absolute atomic E-state index is 5.53. The first-order valence-electron chi connectivity index (χ1n) is 9.88. The van der Waals surface area contributed by atoms with Crippen LogP contribution in [0.15, 0.2) is 60.7 Å². The molecule has 144 valence electrons. The molecule has 4 rings (SSSR count). The molecular formula is C24H27N3O. The lowest BCUT2D eigenvalue weighted by molar-refractivity contribution is 0.284. The quantitative estimate of drug-likeness (QED) is 0.663. The maximum Gasteiger partial charge on any atom is 0.145 e. The van der Waals surface area contributed by atoms with E-state index in [0.29, 0.717) is 0 Å². The van der Waals surface area contributed by atoms with Gasteiger partial charge in [0.05, 0.1) is 7.11 Å². The number of hydrogen-bond donors (Lipinski definition) is 0. The molecule has 0 unspecified atom stereocenters. The van der Waals surface area contributed by atoms with E-state index in [-0.39, 0.29) is 0 Å². The summed E-state index contributed by atoms with van der Waals surface area (Å²) in [6.45, 7) is 7.21. The van der Waals surface area contributed by atoms with Gasteiger partial charge in [0, 0.05) is 38.1 Å². The minimum atomic E-state index is 0.840. The third-order valence-electron chi connectivity index (χ3n) is 5.39. The average molecular weight is 374 g/mol. The number of benzene rings is 2. The number of nitrogens with zero attached hydrogens (tertiary/aromatic N) is 3. The van der Waals surface area contributed by atoms with Gasteiger partial charge in [-0.05, 0) is 30.2 Å². The van der Waals surface area contributed by atoms with Crippen LogP contribution in [-0.4, -0.2) is 49.7 Å². The lowest BCUT2D eigenvalue weighted by atomic mass is 10.1. The molecule has 0 atom stereocenters.